The van der Waals surface area contributed by atoms with Gasteiger partial charge in [-0.05, 0) is 30.6 Å². The molecular weight excluding hydrogens is 256 g/mol. The van der Waals surface area contributed by atoms with Gasteiger partial charge in [-0.3, -0.25) is 4.79 Å². The van der Waals surface area contributed by atoms with Gasteiger partial charge in [0.15, 0.2) is 6.61 Å². The Labute approximate surface area is 122 Å². The molecule has 0 heterocycles. The number of aliphatic carboxylic acids is 1. The average molecular weight is 286 g/mol. The maximum atomic E-state index is 12.5. The van der Waals surface area contributed by atoms with Crippen LogP contribution in [0.4, 0.5) is 0 Å². The molecule has 0 aliphatic carbocycles. The fourth-order valence-electron chi connectivity index (χ4n) is 2.35. The number of esters is 1. The Morgan fingerprint density at radius 1 is 1.00 bits per heavy atom. The van der Waals surface area contributed by atoms with Crippen LogP contribution in [0, 0.1) is 16.2 Å². The van der Waals surface area contributed by atoms with Gasteiger partial charge >= 0.3 is 11.9 Å². The Kier molecular flexibility index (Phi) is 6.25. The minimum Gasteiger partial charge on any atom is -0.479 e. The van der Waals surface area contributed by atoms with Gasteiger partial charge in [0.2, 0.25) is 0 Å². The summed E-state index contributed by atoms with van der Waals surface area (Å²) in [6, 6.07) is 0. The molecule has 4 nitrogen and oxygen atoms in total. The van der Waals surface area contributed by atoms with E-state index in [1.54, 1.807) is 0 Å². The summed E-state index contributed by atoms with van der Waals surface area (Å²) in [7, 11) is 0. The van der Waals surface area contributed by atoms with Crippen molar-refractivity contribution in [1.29, 1.82) is 0 Å². The minimum absolute atomic E-state index is 0.00341. The highest BCUT2D eigenvalue weighted by molar-refractivity contribution is 5.80. The molecule has 0 rings (SSSR count). The van der Waals surface area contributed by atoms with Crippen LogP contribution in [-0.4, -0.2) is 23.7 Å². The van der Waals surface area contributed by atoms with Gasteiger partial charge in [-0.25, -0.2) is 4.79 Å². The van der Waals surface area contributed by atoms with Crippen LogP contribution in [0.3, 0.4) is 0 Å². The topological polar surface area (TPSA) is 63.6 Å². The highest BCUT2D eigenvalue weighted by Gasteiger charge is 2.49. The van der Waals surface area contributed by atoms with Crippen LogP contribution in [0.5, 0.6) is 0 Å². The summed E-state index contributed by atoms with van der Waals surface area (Å²) >= 11 is 0. The van der Waals surface area contributed by atoms with E-state index in [1.807, 2.05) is 27.7 Å². The predicted octanol–water partition coefficient (Wildman–Crippen LogP) is 3.88. The van der Waals surface area contributed by atoms with E-state index in [0.717, 1.165) is 12.8 Å². The quantitative estimate of drug-likeness (QED) is 0.688. The molecule has 0 aromatic carbocycles. The predicted molar refractivity (Wildman–Crippen MR) is 79.5 cm³/mol. The smallest absolute Gasteiger partial charge is 0.341 e. The fourth-order valence-corrected chi connectivity index (χ4v) is 2.35. The summed E-state index contributed by atoms with van der Waals surface area (Å²) < 4.78 is 5.01. The summed E-state index contributed by atoms with van der Waals surface area (Å²) in [5.74, 6) is -1.53. The summed E-state index contributed by atoms with van der Waals surface area (Å²) in [6.45, 7) is 13.8. The van der Waals surface area contributed by atoms with Gasteiger partial charge in [-0.2, -0.15) is 0 Å². The van der Waals surface area contributed by atoms with Crippen LogP contribution in [0.1, 0.15) is 67.7 Å². The lowest BCUT2D eigenvalue weighted by Gasteiger charge is -2.45. The third-order valence-electron chi connectivity index (χ3n) is 4.94. The zero-order chi connectivity index (χ0) is 16.2. The number of ether oxygens (including phenoxy) is 1. The van der Waals surface area contributed by atoms with Gasteiger partial charge < -0.3 is 9.84 Å². The van der Waals surface area contributed by atoms with Gasteiger partial charge in [0.05, 0.1) is 5.41 Å². The lowest BCUT2D eigenvalue weighted by molar-refractivity contribution is -0.171. The van der Waals surface area contributed by atoms with E-state index >= 15 is 0 Å². The van der Waals surface area contributed by atoms with E-state index in [4.69, 9.17) is 9.84 Å². The van der Waals surface area contributed by atoms with Crippen LogP contribution in [0.25, 0.3) is 0 Å². The Hall–Kier alpha value is -1.06. The van der Waals surface area contributed by atoms with Crippen molar-refractivity contribution in [2.75, 3.05) is 6.61 Å². The first kappa shape index (κ1) is 18.9. The van der Waals surface area contributed by atoms with E-state index in [2.05, 4.69) is 20.8 Å². The van der Waals surface area contributed by atoms with Crippen LogP contribution >= 0.6 is 0 Å². The van der Waals surface area contributed by atoms with E-state index in [1.165, 1.54) is 0 Å². The number of carboxylic acid groups (broad SMARTS) is 1. The Morgan fingerprint density at radius 2 is 1.50 bits per heavy atom. The second-order valence-electron chi connectivity index (χ2n) is 7.23. The Bertz CT molecular complexity index is 357. The maximum absolute atomic E-state index is 12.5. The molecule has 0 spiro atoms. The van der Waals surface area contributed by atoms with Gasteiger partial charge in [-0.15, -0.1) is 0 Å². The molecule has 4 heteroatoms. The highest BCUT2D eigenvalue weighted by atomic mass is 16.6. The van der Waals surface area contributed by atoms with Crippen LogP contribution in [0.2, 0.25) is 0 Å². The van der Waals surface area contributed by atoms with Crippen molar-refractivity contribution < 1.29 is 19.4 Å². The van der Waals surface area contributed by atoms with E-state index < -0.39 is 24.0 Å². The Balaban J connectivity index is 5.37. The lowest BCUT2D eigenvalue weighted by atomic mass is 9.58. The molecule has 0 radical (unpaired) electrons. The monoisotopic (exact) mass is 286 g/mol. The van der Waals surface area contributed by atoms with Crippen molar-refractivity contribution in [3.63, 3.8) is 0 Å². The molecule has 0 fully saturated rings. The number of rotatable bonds is 8. The average Bonchev–Trinajstić information content (AvgIpc) is 2.34. The number of hydrogen-bond acceptors (Lipinski definition) is 3. The largest absolute Gasteiger partial charge is 0.479 e. The molecule has 118 valence electrons. The number of carbonyl (C=O) groups excluding carboxylic acids is 1. The minimum atomic E-state index is -1.12. The van der Waals surface area contributed by atoms with Crippen molar-refractivity contribution >= 4 is 11.9 Å². The van der Waals surface area contributed by atoms with Crippen molar-refractivity contribution in [3.8, 4) is 0 Å². The maximum Gasteiger partial charge on any atom is 0.341 e. The van der Waals surface area contributed by atoms with Crippen molar-refractivity contribution in [2.24, 2.45) is 16.2 Å². The molecule has 0 aliphatic rings. The summed E-state index contributed by atoms with van der Waals surface area (Å²) in [6.07, 6.45) is 2.45. The SMILES string of the molecule is CCC(C)(C)CC(C)(C(=O)OCC(=O)O)C(C)(C)CC. The number of carboxylic acids is 1. The number of carbonyl (C=O) groups is 2. The third-order valence-corrected chi connectivity index (χ3v) is 4.94. The summed E-state index contributed by atoms with van der Waals surface area (Å²) in [4.78, 5) is 23.1. The number of hydrogen-bond donors (Lipinski definition) is 1. The fraction of sp³-hybridized carbons (Fsp3) is 0.875. The lowest BCUT2D eigenvalue weighted by Crippen LogP contribution is -2.46. The van der Waals surface area contributed by atoms with Gasteiger partial charge in [-0.1, -0.05) is 48.0 Å². The van der Waals surface area contributed by atoms with Gasteiger partial charge in [0.25, 0.3) is 0 Å². The summed E-state index contributed by atoms with van der Waals surface area (Å²) in [5.41, 5.74) is -0.949. The Morgan fingerprint density at radius 3 is 1.85 bits per heavy atom. The molecule has 0 aromatic rings. The molecule has 1 unspecified atom stereocenters. The van der Waals surface area contributed by atoms with Crippen molar-refractivity contribution in [2.45, 2.75) is 67.7 Å². The van der Waals surface area contributed by atoms with Crippen molar-refractivity contribution in [3.05, 3.63) is 0 Å². The first-order valence-electron chi connectivity index (χ1n) is 7.31. The molecule has 0 amide bonds. The first-order chi connectivity index (χ1) is 8.92. The normalized spacial score (nSPS) is 15.6. The summed E-state index contributed by atoms with van der Waals surface area (Å²) in [5, 5.41) is 8.69. The van der Waals surface area contributed by atoms with Crippen molar-refractivity contribution in [1.82, 2.24) is 0 Å². The molecule has 0 aromatic heterocycles. The molecule has 1 atom stereocenters. The molecule has 0 saturated heterocycles. The zero-order valence-corrected chi connectivity index (χ0v) is 14.0. The van der Waals surface area contributed by atoms with Gasteiger partial charge in [0.1, 0.15) is 0 Å². The molecule has 0 aliphatic heterocycles. The first-order valence-corrected chi connectivity index (χ1v) is 7.31. The van der Waals surface area contributed by atoms with Gasteiger partial charge in [0, 0.05) is 0 Å². The van der Waals surface area contributed by atoms with Crippen LogP contribution < -0.4 is 0 Å². The second kappa shape index (κ2) is 6.59. The van der Waals surface area contributed by atoms with Crippen LogP contribution in [-0.2, 0) is 14.3 Å². The molecular formula is C16H30O4. The molecule has 0 saturated carbocycles. The molecule has 1 N–H and O–H groups in total. The van der Waals surface area contributed by atoms with E-state index in [0.29, 0.717) is 6.42 Å². The molecule has 0 bridgehead atoms. The standard InChI is InChI=1S/C16H30O4/c1-8-14(3,4)11-16(7,15(5,6)9-2)13(19)20-10-12(17)18/h8-11H2,1-7H3,(H,17,18). The zero-order valence-electron chi connectivity index (χ0n) is 14.0. The highest BCUT2D eigenvalue weighted by Crippen LogP contribution is 2.50. The molecule has 20 heavy (non-hydrogen) atoms. The van der Waals surface area contributed by atoms with E-state index in [9.17, 15) is 9.59 Å². The van der Waals surface area contributed by atoms with E-state index in [-0.39, 0.29) is 10.8 Å². The van der Waals surface area contributed by atoms with Crippen LogP contribution in [0.15, 0.2) is 0 Å². The second-order valence-corrected chi connectivity index (χ2v) is 7.23. The third kappa shape index (κ3) is 4.50.